The van der Waals surface area contributed by atoms with E-state index >= 15 is 0 Å². The molecule has 1 aliphatic carbocycles. The van der Waals surface area contributed by atoms with Gasteiger partial charge in [0.25, 0.3) is 0 Å². The van der Waals surface area contributed by atoms with Crippen LogP contribution in [-0.4, -0.2) is 24.2 Å². The molecule has 0 spiro atoms. The molecular weight excluding hydrogens is 249 g/mol. The van der Waals surface area contributed by atoms with Crippen molar-refractivity contribution < 1.29 is 18.7 Å². The summed E-state index contributed by atoms with van der Waals surface area (Å²) in [5.41, 5.74) is 5.01. The molecule has 0 radical (unpaired) electrons. The van der Waals surface area contributed by atoms with Gasteiger partial charge in [-0.2, -0.15) is 0 Å². The number of hydrogen-bond acceptors (Lipinski definition) is 4. The minimum absolute atomic E-state index is 0.195. The van der Waals surface area contributed by atoms with Crippen LogP contribution in [0.3, 0.4) is 0 Å². The summed E-state index contributed by atoms with van der Waals surface area (Å²) in [5.74, 6) is -0.622. The third-order valence-corrected chi connectivity index (χ3v) is 3.32. The lowest BCUT2D eigenvalue weighted by Gasteiger charge is -2.21. The molecule has 0 saturated heterocycles. The fourth-order valence-corrected chi connectivity index (χ4v) is 2.31. The van der Waals surface area contributed by atoms with Crippen molar-refractivity contribution in [1.29, 1.82) is 0 Å². The van der Waals surface area contributed by atoms with Crippen LogP contribution < -0.4 is 10.5 Å². The predicted octanol–water partition coefficient (Wildman–Crippen LogP) is 2.02. The lowest BCUT2D eigenvalue weighted by atomic mass is 9.99. The molecule has 2 atom stereocenters. The minimum Gasteiger partial charge on any atom is -0.487 e. The lowest BCUT2D eigenvalue weighted by molar-refractivity contribution is -0.149. The highest BCUT2D eigenvalue weighted by molar-refractivity contribution is 5.81. The third-order valence-electron chi connectivity index (χ3n) is 3.32. The van der Waals surface area contributed by atoms with Gasteiger partial charge in [0, 0.05) is 6.42 Å². The van der Waals surface area contributed by atoms with Crippen molar-refractivity contribution in [2.75, 3.05) is 6.61 Å². The summed E-state index contributed by atoms with van der Waals surface area (Å²) in [6.45, 7) is 2.04. The summed E-state index contributed by atoms with van der Waals surface area (Å²) >= 11 is 0. The van der Waals surface area contributed by atoms with E-state index in [4.69, 9.17) is 15.2 Å². The van der Waals surface area contributed by atoms with Gasteiger partial charge in [0.05, 0.1) is 6.61 Å². The van der Waals surface area contributed by atoms with E-state index in [1.807, 2.05) is 0 Å². The van der Waals surface area contributed by atoms with Crippen LogP contribution >= 0.6 is 0 Å². The number of hydrogen-bond donors (Lipinski definition) is 1. The topological polar surface area (TPSA) is 61.5 Å². The zero-order valence-corrected chi connectivity index (χ0v) is 10.9. The third kappa shape index (κ3) is 3.04. The van der Waals surface area contributed by atoms with Gasteiger partial charge in [-0.1, -0.05) is 12.1 Å². The summed E-state index contributed by atoms with van der Waals surface area (Å²) in [6.07, 6.45) is 1.20. The number of para-hydroxylation sites is 1. The van der Waals surface area contributed by atoms with Crippen molar-refractivity contribution in [3.8, 4) is 5.75 Å². The van der Waals surface area contributed by atoms with Crippen molar-refractivity contribution in [3.05, 3.63) is 30.1 Å². The van der Waals surface area contributed by atoms with Gasteiger partial charge in [-0.15, -0.1) is 0 Å². The number of rotatable bonds is 4. The molecule has 0 bridgehead atoms. The Morgan fingerprint density at radius 2 is 2.26 bits per heavy atom. The normalized spacial score (nSPS) is 26.2. The van der Waals surface area contributed by atoms with Crippen molar-refractivity contribution in [1.82, 2.24) is 0 Å². The Bertz CT molecular complexity index is 466. The molecule has 5 heteroatoms. The molecule has 2 N–H and O–H groups in total. The quantitative estimate of drug-likeness (QED) is 0.848. The zero-order chi connectivity index (χ0) is 13.9. The van der Waals surface area contributed by atoms with Gasteiger partial charge in [0.15, 0.2) is 11.6 Å². The first-order chi connectivity index (χ1) is 9.05. The van der Waals surface area contributed by atoms with E-state index < -0.39 is 17.3 Å². The van der Waals surface area contributed by atoms with E-state index in [0.29, 0.717) is 25.9 Å². The monoisotopic (exact) mass is 267 g/mol. The van der Waals surface area contributed by atoms with Crippen molar-refractivity contribution in [2.45, 2.75) is 37.8 Å². The van der Waals surface area contributed by atoms with Crippen LogP contribution in [0, 0.1) is 5.82 Å². The Balaban J connectivity index is 1.99. The average Bonchev–Trinajstić information content (AvgIpc) is 2.76. The average molecular weight is 267 g/mol. The second-order valence-corrected chi connectivity index (χ2v) is 4.79. The SMILES string of the molecule is CCOC(=O)C1(N)CCC(Oc2ccccc2F)C1. The highest BCUT2D eigenvalue weighted by Crippen LogP contribution is 2.32. The van der Waals surface area contributed by atoms with Gasteiger partial charge in [-0.3, -0.25) is 4.79 Å². The Morgan fingerprint density at radius 1 is 1.53 bits per heavy atom. The Labute approximate surface area is 111 Å². The van der Waals surface area contributed by atoms with Crippen LogP contribution in [0.4, 0.5) is 4.39 Å². The number of esters is 1. The van der Waals surface area contributed by atoms with Crippen molar-refractivity contribution >= 4 is 5.97 Å². The zero-order valence-electron chi connectivity index (χ0n) is 10.9. The molecule has 0 aliphatic heterocycles. The number of carbonyl (C=O) groups excluding carboxylic acids is 1. The molecule has 19 heavy (non-hydrogen) atoms. The van der Waals surface area contributed by atoms with E-state index in [-0.39, 0.29) is 11.9 Å². The summed E-state index contributed by atoms with van der Waals surface area (Å²) < 4.78 is 24.0. The number of halogens is 1. The van der Waals surface area contributed by atoms with Gasteiger partial charge in [0.2, 0.25) is 0 Å². The van der Waals surface area contributed by atoms with Gasteiger partial charge < -0.3 is 15.2 Å². The molecule has 1 fully saturated rings. The van der Waals surface area contributed by atoms with Gasteiger partial charge in [-0.25, -0.2) is 4.39 Å². The Morgan fingerprint density at radius 3 is 2.95 bits per heavy atom. The molecule has 0 amide bonds. The standard InChI is InChI=1S/C14H18FNO3/c1-2-18-13(17)14(16)8-7-10(9-14)19-12-6-4-3-5-11(12)15/h3-6,10H,2,7-9,16H2,1H3. The summed E-state index contributed by atoms with van der Waals surface area (Å²) in [4.78, 5) is 11.8. The summed E-state index contributed by atoms with van der Waals surface area (Å²) in [6, 6.07) is 6.21. The molecule has 1 aliphatic rings. The smallest absolute Gasteiger partial charge is 0.326 e. The van der Waals surface area contributed by atoms with Crippen LogP contribution in [0.1, 0.15) is 26.2 Å². The minimum atomic E-state index is -1.01. The van der Waals surface area contributed by atoms with E-state index in [1.54, 1.807) is 25.1 Å². The first-order valence-electron chi connectivity index (χ1n) is 6.42. The van der Waals surface area contributed by atoms with E-state index in [2.05, 4.69) is 0 Å². The first kappa shape index (κ1) is 13.8. The maximum Gasteiger partial charge on any atom is 0.326 e. The first-order valence-corrected chi connectivity index (χ1v) is 6.42. The van der Waals surface area contributed by atoms with E-state index in [9.17, 15) is 9.18 Å². The van der Waals surface area contributed by atoms with Gasteiger partial charge in [0.1, 0.15) is 11.6 Å². The molecule has 1 aromatic carbocycles. The predicted molar refractivity (Wildman–Crippen MR) is 68.2 cm³/mol. The Hall–Kier alpha value is -1.62. The molecule has 2 rings (SSSR count). The fourth-order valence-electron chi connectivity index (χ4n) is 2.31. The van der Waals surface area contributed by atoms with E-state index in [0.717, 1.165) is 0 Å². The maximum atomic E-state index is 13.5. The molecule has 104 valence electrons. The summed E-state index contributed by atoms with van der Waals surface area (Å²) in [7, 11) is 0. The molecule has 1 aromatic rings. The molecule has 0 heterocycles. The molecule has 0 aromatic heterocycles. The maximum absolute atomic E-state index is 13.5. The van der Waals surface area contributed by atoms with Gasteiger partial charge >= 0.3 is 5.97 Å². The van der Waals surface area contributed by atoms with Crippen LogP contribution in [0.2, 0.25) is 0 Å². The number of ether oxygens (including phenoxy) is 2. The Kier molecular flexibility index (Phi) is 4.04. The van der Waals surface area contributed by atoms with Gasteiger partial charge in [-0.05, 0) is 31.9 Å². The second-order valence-electron chi connectivity index (χ2n) is 4.79. The van der Waals surface area contributed by atoms with Crippen LogP contribution in [0.15, 0.2) is 24.3 Å². The van der Waals surface area contributed by atoms with E-state index in [1.165, 1.54) is 6.07 Å². The van der Waals surface area contributed by atoms with Crippen molar-refractivity contribution in [2.24, 2.45) is 5.73 Å². The molecular formula is C14H18FNO3. The largest absolute Gasteiger partial charge is 0.487 e. The fraction of sp³-hybridized carbons (Fsp3) is 0.500. The number of carbonyl (C=O) groups is 1. The lowest BCUT2D eigenvalue weighted by Crippen LogP contribution is -2.47. The van der Waals surface area contributed by atoms with Crippen LogP contribution in [0.25, 0.3) is 0 Å². The number of benzene rings is 1. The highest BCUT2D eigenvalue weighted by atomic mass is 19.1. The van der Waals surface area contributed by atoms with Crippen LogP contribution in [0.5, 0.6) is 5.75 Å². The summed E-state index contributed by atoms with van der Waals surface area (Å²) in [5, 5.41) is 0. The molecule has 4 nitrogen and oxygen atoms in total. The second kappa shape index (κ2) is 5.57. The van der Waals surface area contributed by atoms with Crippen molar-refractivity contribution in [3.63, 3.8) is 0 Å². The highest BCUT2D eigenvalue weighted by Gasteiger charge is 2.44. The van der Waals surface area contributed by atoms with Crippen LogP contribution in [-0.2, 0) is 9.53 Å². The molecule has 1 saturated carbocycles. The molecule has 2 unspecified atom stereocenters. The number of nitrogens with two attached hydrogens (primary N) is 1.